The standard InChI is InChI=1S/C22H23N5O2S/c1-16-20(21(25-29-16)18-5-3-2-4-6-18)22-24-23-19(28-22)14-27-10-8-26(9-11-27)13-17-7-12-30-15-17/h2-7,12,15H,8-11,13-14H2,1H3. The van der Waals surface area contributed by atoms with Crippen LogP contribution >= 0.6 is 11.3 Å². The molecule has 0 bridgehead atoms. The van der Waals surface area contributed by atoms with Gasteiger partial charge >= 0.3 is 0 Å². The summed E-state index contributed by atoms with van der Waals surface area (Å²) >= 11 is 1.76. The van der Waals surface area contributed by atoms with Crippen LogP contribution < -0.4 is 0 Å². The second-order valence-electron chi connectivity index (χ2n) is 7.51. The molecule has 1 aromatic carbocycles. The van der Waals surface area contributed by atoms with Crippen molar-refractivity contribution in [3.63, 3.8) is 0 Å². The Morgan fingerprint density at radius 1 is 0.967 bits per heavy atom. The first-order valence-corrected chi connectivity index (χ1v) is 11.0. The largest absolute Gasteiger partial charge is 0.419 e. The molecule has 4 heterocycles. The third kappa shape index (κ3) is 4.07. The predicted octanol–water partition coefficient (Wildman–Crippen LogP) is 4.08. The molecule has 0 unspecified atom stereocenters. The Bertz CT molecular complexity index is 1080. The van der Waals surface area contributed by atoms with Crippen molar-refractivity contribution in [1.82, 2.24) is 25.2 Å². The Balaban J connectivity index is 1.25. The smallest absolute Gasteiger partial charge is 0.253 e. The fourth-order valence-electron chi connectivity index (χ4n) is 3.77. The van der Waals surface area contributed by atoms with Crippen LogP contribution in [0.2, 0.25) is 0 Å². The Labute approximate surface area is 178 Å². The van der Waals surface area contributed by atoms with Gasteiger partial charge in [-0.25, -0.2) is 0 Å². The maximum Gasteiger partial charge on any atom is 0.253 e. The fraction of sp³-hybridized carbons (Fsp3) is 0.318. The minimum atomic E-state index is 0.457. The molecule has 0 spiro atoms. The Morgan fingerprint density at radius 3 is 2.47 bits per heavy atom. The zero-order valence-electron chi connectivity index (χ0n) is 16.8. The number of aromatic nitrogens is 3. The van der Waals surface area contributed by atoms with Gasteiger partial charge in [0.25, 0.3) is 5.89 Å². The first-order valence-electron chi connectivity index (χ1n) is 10.1. The number of hydrogen-bond acceptors (Lipinski definition) is 8. The van der Waals surface area contributed by atoms with E-state index >= 15 is 0 Å². The van der Waals surface area contributed by atoms with Gasteiger partial charge in [0, 0.05) is 38.3 Å². The molecule has 1 aliphatic heterocycles. The van der Waals surface area contributed by atoms with E-state index in [-0.39, 0.29) is 0 Å². The summed E-state index contributed by atoms with van der Waals surface area (Å²) in [5.41, 5.74) is 3.85. The molecular formula is C22H23N5O2S. The molecule has 0 atom stereocenters. The summed E-state index contributed by atoms with van der Waals surface area (Å²) in [5, 5.41) is 17.1. The number of aryl methyl sites for hydroxylation is 1. The van der Waals surface area contributed by atoms with E-state index < -0.39 is 0 Å². The summed E-state index contributed by atoms with van der Waals surface area (Å²) in [7, 11) is 0. The van der Waals surface area contributed by atoms with Crippen molar-refractivity contribution >= 4 is 11.3 Å². The van der Waals surface area contributed by atoms with Crippen molar-refractivity contribution in [2.45, 2.75) is 20.0 Å². The van der Waals surface area contributed by atoms with Gasteiger partial charge in [0.2, 0.25) is 5.89 Å². The highest BCUT2D eigenvalue weighted by atomic mass is 32.1. The van der Waals surface area contributed by atoms with Crippen LogP contribution in [0, 0.1) is 6.92 Å². The SMILES string of the molecule is Cc1onc(-c2ccccc2)c1-c1nnc(CN2CCN(Cc3ccsc3)CC2)o1. The molecule has 1 aliphatic rings. The van der Waals surface area contributed by atoms with Gasteiger partial charge in [0.15, 0.2) is 0 Å². The van der Waals surface area contributed by atoms with Crippen LogP contribution in [0.4, 0.5) is 0 Å². The highest BCUT2D eigenvalue weighted by Crippen LogP contribution is 2.33. The van der Waals surface area contributed by atoms with Gasteiger partial charge in [-0.1, -0.05) is 35.5 Å². The van der Waals surface area contributed by atoms with E-state index in [9.17, 15) is 0 Å². The lowest BCUT2D eigenvalue weighted by Gasteiger charge is -2.33. The maximum atomic E-state index is 6.01. The topological polar surface area (TPSA) is 71.4 Å². The lowest BCUT2D eigenvalue weighted by molar-refractivity contribution is 0.115. The second-order valence-corrected chi connectivity index (χ2v) is 8.29. The van der Waals surface area contributed by atoms with Gasteiger partial charge in [0.05, 0.1) is 6.54 Å². The quantitative estimate of drug-likeness (QED) is 0.464. The third-order valence-electron chi connectivity index (χ3n) is 5.40. The van der Waals surface area contributed by atoms with E-state index in [0.717, 1.165) is 49.5 Å². The zero-order valence-corrected chi connectivity index (χ0v) is 17.6. The molecule has 0 aliphatic carbocycles. The van der Waals surface area contributed by atoms with Crippen LogP contribution in [0.1, 0.15) is 17.2 Å². The van der Waals surface area contributed by atoms with Crippen molar-refractivity contribution in [1.29, 1.82) is 0 Å². The van der Waals surface area contributed by atoms with Crippen LogP contribution in [0.15, 0.2) is 56.1 Å². The number of benzene rings is 1. The van der Waals surface area contributed by atoms with Gasteiger partial charge in [0.1, 0.15) is 17.0 Å². The summed E-state index contributed by atoms with van der Waals surface area (Å²) in [6, 6.07) is 12.1. The van der Waals surface area contributed by atoms with Crippen molar-refractivity contribution in [2.75, 3.05) is 26.2 Å². The third-order valence-corrected chi connectivity index (χ3v) is 6.13. The normalized spacial score (nSPS) is 15.6. The van der Waals surface area contributed by atoms with E-state index in [2.05, 4.69) is 42.0 Å². The number of hydrogen-bond donors (Lipinski definition) is 0. The molecule has 0 N–H and O–H groups in total. The molecular weight excluding hydrogens is 398 g/mol. The van der Waals surface area contributed by atoms with Gasteiger partial charge in [-0.3, -0.25) is 9.80 Å². The van der Waals surface area contributed by atoms with Gasteiger partial charge < -0.3 is 8.94 Å². The second kappa shape index (κ2) is 8.51. The van der Waals surface area contributed by atoms with E-state index in [4.69, 9.17) is 8.94 Å². The minimum Gasteiger partial charge on any atom is -0.419 e. The van der Waals surface area contributed by atoms with Crippen LogP contribution in [0.3, 0.4) is 0 Å². The molecule has 8 heteroatoms. The fourth-order valence-corrected chi connectivity index (χ4v) is 4.43. The first-order chi connectivity index (χ1) is 14.8. The molecule has 5 rings (SSSR count). The van der Waals surface area contributed by atoms with E-state index in [1.54, 1.807) is 11.3 Å². The molecule has 154 valence electrons. The summed E-state index contributed by atoms with van der Waals surface area (Å²) in [4.78, 5) is 4.85. The van der Waals surface area contributed by atoms with E-state index in [0.29, 0.717) is 24.1 Å². The molecule has 1 saturated heterocycles. The minimum absolute atomic E-state index is 0.457. The Morgan fingerprint density at radius 2 is 1.73 bits per heavy atom. The van der Waals surface area contributed by atoms with Crippen molar-refractivity contribution < 1.29 is 8.94 Å². The number of rotatable bonds is 6. The molecule has 30 heavy (non-hydrogen) atoms. The average Bonchev–Trinajstić information content (AvgIpc) is 3.52. The summed E-state index contributed by atoms with van der Waals surface area (Å²) in [6.45, 7) is 7.61. The highest BCUT2D eigenvalue weighted by Gasteiger charge is 2.23. The van der Waals surface area contributed by atoms with Gasteiger partial charge in [-0.15, -0.1) is 10.2 Å². The molecule has 3 aromatic heterocycles. The van der Waals surface area contributed by atoms with Gasteiger partial charge in [-0.05, 0) is 29.3 Å². The number of thiophene rings is 1. The molecule has 0 amide bonds. The van der Waals surface area contributed by atoms with Crippen molar-refractivity contribution in [2.24, 2.45) is 0 Å². The monoisotopic (exact) mass is 421 g/mol. The summed E-state index contributed by atoms with van der Waals surface area (Å²) < 4.78 is 11.4. The van der Waals surface area contributed by atoms with Crippen LogP contribution in [-0.2, 0) is 13.1 Å². The lowest BCUT2D eigenvalue weighted by Crippen LogP contribution is -2.45. The van der Waals surface area contributed by atoms with Crippen LogP contribution in [0.5, 0.6) is 0 Å². The lowest BCUT2D eigenvalue weighted by atomic mass is 10.1. The first kappa shape index (κ1) is 19.2. The number of piperazine rings is 1. The van der Waals surface area contributed by atoms with Crippen molar-refractivity contribution in [3.8, 4) is 22.7 Å². The summed E-state index contributed by atoms with van der Waals surface area (Å²) in [6.07, 6.45) is 0. The molecule has 0 radical (unpaired) electrons. The van der Waals surface area contributed by atoms with Gasteiger partial charge in [-0.2, -0.15) is 11.3 Å². The summed E-state index contributed by atoms with van der Waals surface area (Å²) in [5.74, 6) is 1.75. The molecule has 1 fully saturated rings. The van der Waals surface area contributed by atoms with E-state index in [1.165, 1.54) is 5.56 Å². The van der Waals surface area contributed by atoms with Crippen molar-refractivity contribution in [3.05, 3.63) is 64.4 Å². The zero-order chi connectivity index (χ0) is 20.3. The van der Waals surface area contributed by atoms with Crippen LogP contribution in [0.25, 0.3) is 22.7 Å². The Kier molecular flexibility index (Phi) is 5.44. The number of nitrogens with zero attached hydrogens (tertiary/aromatic N) is 5. The highest BCUT2D eigenvalue weighted by molar-refractivity contribution is 7.07. The predicted molar refractivity (Wildman–Crippen MR) is 115 cm³/mol. The molecule has 0 saturated carbocycles. The molecule has 7 nitrogen and oxygen atoms in total. The van der Waals surface area contributed by atoms with Crippen LogP contribution in [-0.4, -0.2) is 51.3 Å². The molecule has 4 aromatic rings. The average molecular weight is 422 g/mol. The Hall–Kier alpha value is -2.81. The van der Waals surface area contributed by atoms with E-state index in [1.807, 2.05) is 37.3 Å². The maximum absolute atomic E-state index is 6.01.